The molecule has 0 aromatic carbocycles. The van der Waals surface area contributed by atoms with E-state index in [1.165, 1.54) is 0 Å². The molecule has 78 valence electrons. The van der Waals surface area contributed by atoms with Gasteiger partial charge < -0.3 is 9.73 Å². The van der Waals surface area contributed by atoms with E-state index < -0.39 is 0 Å². The van der Waals surface area contributed by atoms with Crippen LogP contribution in [0.4, 0.5) is 5.69 Å². The number of hydrogen-bond donors (Lipinski definition) is 1. The average molecular weight is 202 g/mol. The Hall–Kier alpha value is -1.77. The first-order valence-corrected chi connectivity index (χ1v) is 4.99. The van der Waals surface area contributed by atoms with Crippen LogP contribution in [0, 0.1) is 6.92 Å². The molecule has 0 saturated heterocycles. The van der Waals surface area contributed by atoms with E-state index in [0.717, 1.165) is 17.1 Å². The lowest BCUT2D eigenvalue weighted by atomic mass is 10.2. The average Bonchev–Trinajstić information content (AvgIpc) is 2.74. The normalized spacial score (nSPS) is 12.4. The van der Waals surface area contributed by atoms with Gasteiger partial charge in [-0.25, -0.2) is 0 Å². The molecule has 0 saturated carbocycles. The van der Waals surface area contributed by atoms with Crippen molar-refractivity contribution in [3.63, 3.8) is 0 Å². The summed E-state index contributed by atoms with van der Waals surface area (Å²) < 4.78 is 5.32. The van der Waals surface area contributed by atoms with Crippen molar-refractivity contribution in [3.05, 3.63) is 48.2 Å². The molecule has 1 N–H and O–H groups in total. The number of nitrogens with one attached hydrogen (secondary N) is 1. The number of rotatable bonds is 3. The van der Waals surface area contributed by atoms with E-state index in [4.69, 9.17) is 4.42 Å². The standard InChI is InChI=1S/C12H14N2O/c1-9-11(5-3-7-13-9)14-10(2)12-6-4-8-15-12/h3-8,10,14H,1-2H3/t10-/m1/s1. The molecule has 0 unspecified atom stereocenters. The minimum absolute atomic E-state index is 0.155. The highest BCUT2D eigenvalue weighted by Crippen LogP contribution is 2.20. The molecular formula is C12H14N2O. The first-order chi connectivity index (χ1) is 7.27. The van der Waals surface area contributed by atoms with Gasteiger partial charge in [-0.2, -0.15) is 0 Å². The molecule has 2 rings (SSSR count). The fourth-order valence-corrected chi connectivity index (χ4v) is 1.48. The van der Waals surface area contributed by atoms with Crippen molar-refractivity contribution in [1.29, 1.82) is 0 Å². The van der Waals surface area contributed by atoms with Gasteiger partial charge in [0.15, 0.2) is 0 Å². The number of aromatic nitrogens is 1. The van der Waals surface area contributed by atoms with Gasteiger partial charge in [-0.05, 0) is 38.1 Å². The van der Waals surface area contributed by atoms with Crippen molar-refractivity contribution in [1.82, 2.24) is 4.98 Å². The van der Waals surface area contributed by atoms with Gasteiger partial charge in [0.05, 0.1) is 23.7 Å². The molecule has 2 heterocycles. The summed E-state index contributed by atoms with van der Waals surface area (Å²) >= 11 is 0. The lowest BCUT2D eigenvalue weighted by Gasteiger charge is -2.13. The molecule has 0 aliphatic carbocycles. The predicted molar refractivity (Wildman–Crippen MR) is 59.7 cm³/mol. The molecule has 2 aromatic heterocycles. The molecule has 0 fully saturated rings. The van der Waals surface area contributed by atoms with Gasteiger partial charge in [0, 0.05) is 6.20 Å². The zero-order valence-electron chi connectivity index (χ0n) is 8.90. The molecule has 0 aliphatic heterocycles. The highest BCUT2D eigenvalue weighted by Gasteiger charge is 2.08. The number of aryl methyl sites for hydroxylation is 1. The third-order valence-electron chi connectivity index (χ3n) is 2.35. The molecule has 2 aromatic rings. The van der Waals surface area contributed by atoms with Gasteiger partial charge in [0.2, 0.25) is 0 Å². The number of anilines is 1. The first kappa shape index (κ1) is 9.77. The van der Waals surface area contributed by atoms with Crippen LogP contribution in [-0.4, -0.2) is 4.98 Å². The summed E-state index contributed by atoms with van der Waals surface area (Å²) in [7, 11) is 0. The summed E-state index contributed by atoms with van der Waals surface area (Å²) in [6.45, 7) is 4.04. The minimum atomic E-state index is 0.155. The Morgan fingerprint density at radius 2 is 2.20 bits per heavy atom. The summed E-state index contributed by atoms with van der Waals surface area (Å²) in [6, 6.07) is 7.95. The van der Waals surface area contributed by atoms with E-state index >= 15 is 0 Å². The Labute approximate surface area is 89.1 Å². The second-order valence-electron chi connectivity index (χ2n) is 3.52. The lowest BCUT2D eigenvalue weighted by molar-refractivity contribution is 0.490. The van der Waals surface area contributed by atoms with Crippen LogP contribution in [0.2, 0.25) is 0 Å². The quantitative estimate of drug-likeness (QED) is 0.830. The van der Waals surface area contributed by atoms with Gasteiger partial charge in [0.25, 0.3) is 0 Å². The predicted octanol–water partition coefficient (Wildman–Crippen LogP) is 3.16. The van der Waals surface area contributed by atoms with Gasteiger partial charge in [0.1, 0.15) is 5.76 Å². The number of hydrogen-bond acceptors (Lipinski definition) is 3. The van der Waals surface area contributed by atoms with Crippen LogP contribution in [0.3, 0.4) is 0 Å². The van der Waals surface area contributed by atoms with Crippen LogP contribution in [0.5, 0.6) is 0 Å². The van der Waals surface area contributed by atoms with Crippen molar-refractivity contribution in [3.8, 4) is 0 Å². The molecule has 0 aliphatic rings. The van der Waals surface area contributed by atoms with Crippen molar-refractivity contribution in [2.24, 2.45) is 0 Å². The maximum atomic E-state index is 5.32. The lowest BCUT2D eigenvalue weighted by Crippen LogP contribution is -2.07. The first-order valence-electron chi connectivity index (χ1n) is 4.99. The van der Waals surface area contributed by atoms with Gasteiger partial charge in [-0.1, -0.05) is 0 Å². The monoisotopic (exact) mass is 202 g/mol. The second kappa shape index (κ2) is 4.17. The van der Waals surface area contributed by atoms with Crippen LogP contribution in [0.25, 0.3) is 0 Å². The van der Waals surface area contributed by atoms with E-state index in [9.17, 15) is 0 Å². The number of pyridine rings is 1. The van der Waals surface area contributed by atoms with E-state index in [1.807, 2.05) is 31.2 Å². The smallest absolute Gasteiger partial charge is 0.125 e. The van der Waals surface area contributed by atoms with E-state index in [2.05, 4.69) is 17.2 Å². The molecular weight excluding hydrogens is 188 g/mol. The van der Waals surface area contributed by atoms with Crippen LogP contribution < -0.4 is 5.32 Å². The molecule has 3 heteroatoms. The van der Waals surface area contributed by atoms with Crippen LogP contribution >= 0.6 is 0 Å². The van der Waals surface area contributed by atoms with E-state index in [0.29, 0.717) is 0 Å². The van der Waals surface area contributed by atoms with Gasteiger partial charge in [-0.3, -0.25) is 4.98 Å². The summed E-state index contributed by atoms with van der Waals surface area (Å²) in [5.41, 5.74) is 2.04. The molecule has 15 heavy (non-hydrogen) atoms. The summed E-state index contributed by atoms with van der Waals surface area (Å²) in [4.78, 5) is 4.22. The van der Waals surface area contributed by atoms with Crippen LogP contribution in [0.15, 0.2) is 41.1 Å². The highest BCUT2D eigenvalue weighted by molar-refractivity contribution is 5.47. The molecule has 0 spiro atoms. The Morgan fingerprint density at radius 1 is 1.33 bits per heavy atom. The second-order valence-corrected chi connectivity index (χ2v) is 3.52. The fraction of sp³-hybridized carbons (Fsp3) is 0.250. The zero-order chi connectivity index (χ0) is 10.7. The summed E-state index contributed by atoms with van der Waals surface area (Å²) in [5, 5.41) is 3.36. The fourth-order valence-electron chi connectivity index (χ4n) is 1.48. The van der Waals surface area contributed by atoms with E-state index in [-0.39, 0.29) is 6.04 Å². The SMILES string of the molecule is Cc1ncccc1N[C@H](C)c1ccco1. The molecule has 0 radical (unpaired) electrons. The highest BCUT2D eigenvalue weighted by atomic mass is 16.3. The summed E-state index contributed by atoms with van der Waals surface area (Å²) in [5.74, 6) is 0.929. The zero-order valence-corrected chi connectivity index (χ0v) is 8.90. The van der Waals surface area contributed by atoms with Crippen molar-refractivity contribution >= 4 is 5.69 Å². The molecule has 3 nitrogen and oxygen atoms in total. The van der Waals surface area contributed by atoms with Crippen molar-refractivity contribution in [2.75, 3.05) is 5.32 Å². The Kier molecular flexibility index (Phi) is 2.72. The van der Waals surface area contributed by atoms with Gasteiger partial charge in [-0.15, -0.1) is 0 Å². The van der Waals surface area contributed by atoms with Crippen LogP contribution in [0.1, 0.15) is 24.4 Å². The Bertz CT molecular complexity index is 423. The number of nitrogens with zero attached hydrogens (tertiary/aromatic N) is 1. The molecule has 0 bridgehead atoms. The maximum Gasteiger partial charge on any atom is 0.125 e. The Balaban J connectivity index is 2.13. The van der Waals surface area contributed by atoms with Gasteiger partial charge >= 0.3 is 0 Å². The van der Waals surface area contributed by atoms with Crippen molar-refractivity contribution < 1.29 is 4.42 Å². The van der Waals surface area contributed by atoms with Crippen LogP contribution in [-0.2, 0) is 0 Å². The molecule has 0 amide bonds. The maximum absolute atomic E-state index is 5.32. The third kappa shape index (κ3) is 2.18. The Morgan fingerprint density at radius 3 is 2.87 bits per heavy atom. The number of furan rings is 1. The molecule has 1 atom stereocenters. The van der Waals surface area contributed by atoms with E-state index in [1.54, 1.807) is 12.5 Å². The summed E-state index contributed by atoms with van der Waals surface area (Å²) in [6.07, 6.45) is 3.47. The van der Waals surface area contributed by atoms with Crippen molar-refractivity contribution in [2.45, 2.75) is 19.9 Å². The third-order valence-corrected chi connectivity index (χ3v) is 2.35. The topological polar surface area (TPSA) is 38.1 Å². The largest absolute Gasteiger partial charge is 0.467 e. The minimum Gasteiger partial charge on any atom is -0.467 e.